The summed E-state index contributed by atoms with van der Waals surface area (Å²) in [6.07, 6.45) is -0.997. The number of benzene rings is 1. The number of halogens is 5. The van der Waals surface area contributed by atoms with Gasteiger partial charge in [0.1, 0.15) is 23.0 Å². The van der Waals surface area contributed by atoms with Crippen LogP contribution in [0.4, 0.5) is 33.3 Å². The normalized spacial score (nSPS) is 14.6. The number of para-hydroxylation sites is 1. The van der Waals surface area contributed by atoms with E-state index in [2.05, 4.69) is 37.8 Å². The summed E-state index contributed by atoms with van der Waals surface area (Å²) in [4.78, 5) is 32.9. The minimum Gasteiger partial charge on any atom is -0.404 e. The van der Waals surface area contributed by atoms with E-state index in [0.29, 0.717) is 18.9 Å². The summed E-state index contributed by atoms with van der Waals surface area (Å²) < 4.78 is 68.2. The van der Waals surface area contributed by atoms with Crippen molar-refractivity contribution in [3.8, 4) is 0 Å². The molecule has 1 aliphatic rings. The monoisotopic (exact) mass is 537 g/mol. The first-order valence-electron chi connectivity index (χ1n) is 11.1. The number of hydrogen-bond donors (Lipinski definition) is 5. The third-order valence-electron chi connectivity index (χ3n) is 5.55. The van der Waals surface area contributed by atoms with Gasteiger partial charge in [0.05, 0.1) is 40.9 Å². The van der Waals surface area contributed by atoms with Crippen LogP contribution in [-0.2, 0) is 22.3 Å². The summed E-state index contributed by atoms with van der Waals surface area (Å²) in [5, 5.41) is 9.93. The molecule has 6 N–H and O–H groups in total. The number of nitrogens with zero attached hydrogens (tertiary/aromatic N) is 2. The van der Waals surface area contributed by atoms with Crippen LogP contribution in [0.25, 0.3) is 0 Å². The standard InChI is InChI=1S/C24H24F5N7O2/c1-13(31-2)32-10-14(9-30)21(37)36-23(6-7-23)22(38)34-12-19-18(26)8-15(11-33-19)35-20-16(24(27,28)29)4-3-5-17(20)25/h3-5,8-11,31,35H,1,6-7,12,30H2,2H3,(H,34,38)(H,36,37)/b14-9+,32-10-. The molecule has 1 aromatic carbocycles. The molecular formula is C24H24F5N7O2. The van der Waals surface area contributed by atoms with E-state index >= 15 is 0 Å². The molecule has 0 saturated heterocycles. The maximum atomic E-state index is 14.6. The Labute approximate surface area is 214 Å². The lowest BCUT2D eigenvalue weighted by atomic mass is 10.1. The zero-order valence-corrected chi connectivity index (χ0v) is 20.0. The highest BCUT2D eigenvalue weighted by Crippen LogP contribution is 2.38. The largest absolute Gasteiger partial charge is 0.418 e. The highest BCUT2D eigenvalue weighted by atomic mass is 19.4. The maximum absolute atomic E-state index is 14.6. The molecule has 1 saturated carbocycles. The van der Waals surface area contributed by atoms with E-state index in [1.165, 1.54) is 6.21 Å². The van der Waals surface area contributed by atoms with Gasteiger partial charge < -0.3 is 27.0 Å². The van der Waals surface area contributed by atoms with Crippen molar-refractivity contribution >= 4 is 29.4 Å². The molecule has 0 aliphatic heterocycles. The quantitative estimate of drug-likeness (QED) is 0.180. The first kappa shape index (κ1) is 28.1. The Kier molecular flexibility index (Phi) is 8.33. The van der Waals surface area contributed by atoms with Crippen molar-refractivity contribution < 1.29 is 31.5 Å². The average molecular weight is 537 g/mol. The van der Waals surface area contributed by atoms with Crippen molar-refractivity contribution in [3.63, 3.8) is 0 Å². The molecule has 38 heavy (non-hydrogen) atoms. The molecule has 1 aromatic heterocycles. The van der Waals surface area contributed by atoms with Gasteiger partial charge in [-0.3, -0.25) is 14.6 Å². The summed E-state index contributed by atoms with van der Waals surface area (Å²) in [6, 6.07) is 3.25. The number of nitrogens with one attached hydrogen (secondary N) is 4. The Morgan fingerprint density at radius 3 is 2.53 bits per heavy atom. The predicted molar refractivity (Wildman–Crippen MR) is 130 cm³/mol. The van der Waals surface area contributed by atoms with Crippen molar-refractivity contribution in [3.05, 3.63) is 77.5 Å². The molecule has 0 unspecified atom stereocenters. The number of amides is 2. The lowest BCUT2D eigenvalue weighted by Crippen LogP contribution is -2.49. The lowest BCUT2D eigenvalue weighted by Gasteiger charge is -2.18. The van der Waals surface area contributed by atoms with Crippen LogP contribution in [0.1, 0.15) is 24.1 Å². The molecule has 2 amide bonds. The second kappa shape index (κ2) is 11.3. The topological polar surface area (TPSA) is 134 Å². The Morgan fingerprint density at radius 2 is 1.95 bits per heavy atom. The number of aromatic nitrogens is 1. The summed E-state index contributed by atoms with van der Waals surface area (Å²) in [5.74, 6) is -3.11. The van der Waals surface area contributed by atoms with E-state index in [1.807, 2.05) is 0 Å². The van der Waals surface area contributed by atoms with E-state index in [-0.39, 0.29) is 29.3 Å². The van der Waals surface area contributed by atoms with Gasteiger partial charge in [-0.15, -0.1) is 0 Å². The molecule has 9 nitrogen and oxygen atoms in total. The number of anilines is 2. The van der Waals surface area contributed by atoms with Crippen LogP contribution in [0.15, 0.2) is 59.6 Å². The molecule has 1 fully saturated rings. The van der Waals surface area contributed by atoms with E-state index in [1.54, 1.807) is 7.05 Å². The molecule has 0 bridgehead atoms. The second-order valence-corrected chi connectivity index (χ2v) is 8.23. The van der Waals surface area contributed by atoms with Crippen LogP contribution >= 0.6 is 0 Å². The molecule has 1 aliphatic carbocycles. The van der Waals surface area contributed by atoms with Crippen LogP contribution in [0.5, 0.6) is 0 Å². The van der Waals surface area contributed by atoms with E-state index in [9.17, 15) is 31.5 Å². The van der Waals surface area contributed by atoms with Gasteiger partial charge in [0.2, 0.25) is 5.91 Å². The first-order chi connectivity index (χ1) is 17.9. The zero-order chi connectivity index (χ0) is 28.1. The second-order valence-electron chi connectivity index (χ2n) is 8.23. The molecule has 0 spiro atoms. The van der Waals surface area contributed by atoms with Gasteiger partial charge in [-0.25, -0.2) is 13.8 Å². The molecule has 0 radical (unpaired) electrons. The molecule has 3 rings (SSSR count). The lowest BCUT2D eigenvalue weighted by molar-refractivity contribution is -0.137. The number of carbonyl (C=O) groups is 2. The van der Waals surface area contributed by atoms with Crippen molar-refractivity contribution in [1.82, 2.24) is 20.9 Å². The number of carbonyl (C=O) groups excluding carboxylic acids is 2. The molecule has 1 heterocycles. The Hall–Kier alpha value is -4.49. The molecule has 0 atom stereocenters. The van der Waals surface area contributed by atoms with Crippen molar-refractivity contribution in [2.24, 2.45) is 10.7 Å². The van der Waals surface area contributed by atoms with Gasteiger partial charge in [-0.1, -0.05) is 12.6 Å². The smallest absolute Gasteiger partial charge is 0.404 e. The SMILES string of the molecule is C=C(/N=C\C(=C/N)C(=O)NC1(C(=O)NCc2ncc(Nc3c(F)cccc3C(F)(F)F)cc2F)CC1)NC. The van der Waals surface area contributed by atoms with Gasteiger partial charge in [0.15, 0.2) is 0 Å². The van der Waals surface area contributed by atoms with Crippen molar-refractivity contribution in [1.29, 1.82) is 0 Å². The molecule has 2 aromatic rings. The average Bonchev–Trinajstić information content (AvgIpc) is 3.64. The van der Waals surface area contributed by atoms with Crippen LogP contribution in [-0.4, -0.2) is 35.6 Å². The van der Waals surface area contributed by atoms with Gasteiger partial charge in [-0.05, 0) is 25.0 Å². The highest BCUT2D eigenvalue weighted by molar-refractivity contribution is 6.13. The van der Waals surface area contributed by atoms with Crippen LogP contribution in [0.2, 0.25) is 0 Å². The number of nitrogens with two attached hydrogens (primary N) is 1. The highest BCUT2D eigenvalue weighted by Gasteiger charge is 2.51. The van der Waals surface area contributed by atoms with E-state index < -0.39 is 46.4 Å². The van der Waals surface area contributed by atoms with Crippen LogP contribution in [0.3, 0.4) is 0 Å². The Morgan fingerprint density at radius 1 is 1.24 bits per heavy atom. The molecular weight excluding hydrogens is 513 g/mol. The molecule has 14 heteroatoms. The Bertz CT molecular complexity index is 1300. The van der Waals surface area contributed by atoms with E-state index in [4.69, 9.17) is 5.73 Å². The number of alkyl halides is 3. The van der Waals surface area contributed by atoms with Gasteiger partial charge in [-0.2, -0.15) is 13.2 Å². The molecule has 202 valence electrons. The van der Waals surface area contributed by atoms with Crippen molar-refractivity contribution in [2.75, 3.05) is 12.4 Å². The number of pyridine rings is 1. The predicted octanol–water partition coefficient (Wildman–Crippen LogP) is 2.99. The number of aliphatic imine (C=N–C) groups is 1. The fraction of sp³-hybridized carbons (Fsp3) is 0.250. The zero-order valence-electron chi connectivity index (χ0n) is 20.0. The summed E-state index contributed by atoms with van der Waals surface area (Å²) >= 11 is 0. The summed E-state index contributed by atoms with van der Waals surface area (Å²) in [7, 11) is 1.59. The fourth-order valence-electron chi connectivity index (χ4n) is 3.24. The first-order valence-corrected chi connectivity index (χ1v) is 11.1. The fourth-order valence-corrected chi connectivity index (χ4v) is 3.24. The van der Waals surface area contributed by atoms with Gasteiger partial charge in [0, 0.05) is 25.5 Å². The van der Waals surface area contributed by atoms with Gasteiger partial charge >= 0.3 is 6.18 Å². The third-order valence-corrected chi connectivity index (χ3v) is 5.55. The minimum atomic E-state index is -4.84. The Balaban J connectivity index is 1.64. The van der Waals surface area contributed by atoms with Gasteiger partial charge in [0.25, 0.3) is 5.91 Å². The summed E-state index contributed by atoms with van der Waals surface area (Å²) in [6.45, 7) is 3.21. The van der Waals surface area contributed by atoms with Crippen LogP contribution < -0.4 is 27.0 Å². The van der Waals surface area contributed by atoms with E-state index in [0.717, 1.165) is 30.6 Å². The minimum absolute atomic E-state index is 0.0141. The van der Waals surface area contributed by atoms with Crippen LogP contribution in [0, 0.1) is 11.6 Å². The number of hydrogen-bond acceptors (Lipinski definition) is 7. The number of rotatable bonds is 10. The van der Waals surface area contributed by atoms with Crippen molar-refractivity contribution in [2.45, 2.75) is 31.1 Å². The maximum Gasteiger partial charge on any atom is 0.418 e. The summed E-state index contributed by atoms with van der Waals surface area (Å²) in [5.41, 5.74) is 1.63. The third kappa shape index (κ3) is 6.63.